The third kappa shape index (κ3) is 7.38. The maximum Gasteiger partial charge on any atom is 0.105 e. The highest BCUT2D eigenvalue weighted by molar-refractivity contribution is 5.14. The largest absolute Gasteiger partial charge is 0.469 e. The highest BCUT2D eigenvalue weighted by Crippen LogP contribution is 2.11. The minimum absolute atomic E-state index is 0.246. The van der Waals surface area contributed by atoms with Crippen molar-refractivity contribution < 1.29 is 4.42 Å². The molecule has 0 saturated heterocycles. The van der Waals surface area contributed by atoms with Gasteiger partial charge in [-0.25, -0.2) is 0 Å². The fraction of sp³-hybridized carbons (Fsp3) is 0.750. The first kappa shape index (κ1) is 16.3. The summed E-state index contributed by atoms with van der Waals surface area (Å²) in [6, 6.07) is 2.07. The summed E-state index contributed by atoms with van der Waals surface area (Å²) in [4.78, 5) is 2.37. The molecule has 110 valence electrons. The standard InChI is InChI=1S/C16H30N2O/c1-14-15(9-12-19-14)13-18(5)11-8-6-7-10-17-16(2,3)4/h9,12,17H,6-8,10-11,13H2,1-5H3. The molecule has 19 heavy (non-hydrogen) atoms. The lowest BCUT2D eigenvalue weighted by Crippen LogP contribution is -2.36. The van der Waals surface area contributed by atoms with Gasteiger partial charge in [0, 0.05) is 17.6 Å². The molecule has 0 spiro atoms. The molecular formula is C16H30N2O. The van der Waals surface area contributed by atoms with Crippen LogP contribution in [0.4, 0.5) is 0 Å². The number of hydrogen-bond donors (Lipinski definition) is 1. The highest BCUT2D eigenvalue weighted by Gasteiger charge is 2.07. The van der Waals surface area contributed by atoms with Gasteiger partial charge in [0.05, 0.1) is 6.26 Å². The molecule has 0 atom stereocenters. The van der Waals surface area contributed by atoms with Gasteiger partial charge in [-0.2, -0.15) is 0 Å². The van der Waals surface area contributed by atoms with Gasteiger partial charge in [0.2, 0.25) is 0 Å². The first-order valence-electron chi connectivity index (χ1n) is 7.35. The summed E-state index contributed by atoms with van der Waals surface area (Å²) < 4.78 is 5.32. The molecule has 0 aliphatic heterocycles. The van der Waals surface area contributed by atoms with E-state index in [0.717, 1.165) is 25.4 Å². The van der Waals surface area contributed by atoms with Crippen molar-refractivity contribution in [2.75, 3.05) is 20.1 Å². The van der Waals surface area contributed by atoms with Gasteiger partial charge in [0.15, 0.2) is 0 Å². The summed E-state index contributed by atoms with van der Waals surface area (Å²) in [6.07, 6.45) is 5.59. The van der Waals surface area contributed by atoms with Crippen LogP contribution in [0.2, 0.25) is 0 Å². The Morgan fingerprint density at radius 2 is 1.95 bits per heavy atom. The second kappa shape index (κ2) is 7.71. The van der Waals surface area contributed by atoms with Gasteiger partial charge < -0.3 is 14.6 Å². The van der Waals surface area contributed by atoms with E-state index in [1.54, 1.807) is 6.26 Å². The molecule has 0 radical (unpaired) electrons. The Balaban J connectivity index is 2.05. The van der Waals surface area contributed by atoms with Gasteiger partial charge in [-0.3, -0.25) is 0 Å². The van der Waals surface area contributed by atoms with E-state index in [1.807, 2.05) is 6.92 Å². The van der Waals surface area contributed by atoms with Gasteiger partial charge in [-0.05, 0) is 66.7 Å². The van der Waals surface area contributed by atoms with Gasteiger partial charge >= 0.3 is 0 Å². The molecule has 0 aromatic carbocycles. The van der Waals surface area contributed by atoms with Crippen LogP contribution in [0.5, 0.6) is 0 Å². The van der Waals surface area contributed by atoms with E-state index in [9.17, 15) is 0 Å². The molecule has 0 amide bonds. The van der Waals surface area contributed by atoms with E-state index in [-0.39, 0.29) is 5.54 Å². The first-order valence-corrected chi connectivity index (χ1v) is 7.35. The zero-order valence-electron chi connectivity index (χ0n) is 13.3. The predicted octanol–water partition coefficient (Wildman–Crippen LogP) is 3.58. The Bertz CT molecular complexity index is 352. The van der Waals surface area contributed by atoms with Crippen LogP contribution in [0.15, 0.2) is 16.7 Å². The summed E-state index contributed by atoms with van der Waals surface area (Å²) >= 11 is 0. The fourth-order valence-electron chi connectivity index (χ4n) is 2.09. The molecular weight excluding hydrogens is 236 g/mol. The van der Waals surface area contributed by atoms with Crippen molar-refractivity contribution in [1.82, 2.24) is 10.2 Å². The predicted molar refractivity (Wildman–Crippen MR) is 81.4 cm³/mol. The molecule has 0 fully saturated rings. The van der Waals surface area contributed by atoms with Crippen LogP contribution in [0.3, 0.4) is 0 Å². The quantitative estimate of drug-likeness (QED) is 0.729. The number of nitrogens with zero attached hydrogens (tertiary/aromatic N) is 1. The van der Waals surface area contributed by atoms with Crippen molar-refractivity contribution in [2.24, 2.45) is 0 Å². The molecule has 3 nitrogen and oxygen atoms in total. The molecule has 0 bridgehead atoms. The summed E-state index contributed by atoms with van der Waals surface area (Å²) in [5, 5.41) is 3.53. The van der Waals surface area contributed by atoms with E-state index in [0.29, 0.717) is 0 Å². The van der Waals surface area contributed by atoms with Crippen LogP contribution in [-0.2, 0) is 6.54 Å². The van der Waals surface area contributed by atoms with Gasteiger partial charge in [-0.15, -0.1) is 0 Å². The lowest BCUT2D eigenvalue weighted by Gasteiger charge is -2.20. The summed E-state index contributed by atoms with van der Waals surface area (Å²) in [7, 11) is 2.18. The Labute approximate surface area is 118 Å². The van der Waals surface area contributed by atoms with E-state index >= 15 is 0 Å². The molecule has 0 saturated carbocycles. The fourth-order valence-corrected chi connectivity index (χ4v) is 2.09. The van der Waals surface area contributed by atoms with Crippen molar-refractivity contribution in [1.29, 1.82) is 0 Å². The topological polar surface area (TPSA) is 28.4 Å². The van der Waals surface area contributed by atoms with Crippen LogP contribution >= 0.6 is 0 Å². The lowest BCUT2D eigenvalue weighted by molar-refractivity contribution is 0.312. The van der Waals surface area contributed by atoms with E-state index in [4.69, 9.17) is 4.42 Å². The van der Waals surface area contributed by atoms with Gasteiger partial charge in [0.25, 0.3) is 0 Å². The maximum absolute atomic E-state index is 5.32. The Morgan fingerprint density at radius 1 is 1.21 bits per heavy atom. The molecule has 1 heterocycles. The van der Waals surface area contributed by atoms with E-state index < -0.39 is 0 Å². The van der Waals surface area contributed by atoms with Crippen molar-refractivity contribution in [2.45, 2.75) is 59.0 Å². The average Bonchev–Trinajstić information content (AvgIpc) is 2.68. The van der Waals surface area contributed by atoms with Crippen molar-refractivity contribution in [3.63, 3.8) is 0 Å². The second-order valence-corrected chi connectivity index (χ2v) is 6.48. The molecule has 1 aromatic rings. The summed E-state index contributed by atoms with van der Waals surface area (Å²) in [5.74, 6) is 1.04. The second-order valence-electron chi connectivity index (χ2n) is 6.48. The molecule has 1 aromatic heterocycles. The highest BCUT2D eigenvalue weighted by atomic mass is 16.3. The van der Waals surface area contributed by atoms with Crippen LogP contribution in [0, 0.1) is 6.92 Å². The van der Waals surface area contributed by atoms with Crippen molar-refractivity contribution >= 4 is 0 Å². The Hall–Kier alpha value is -0.800. The molecule has 3 heteroatoms. The molecule has 0 aliphatic rings. The van der Waals surface area contributed by atoms with E-state index in [2.05, 4.69) is 44.1 Å². The monoisotopic (exact) mass is 266 g/mol. The number of furan rings is 1. The number of rotatable bonds is 8. The van der Waals surface area contributed by atoms with Crippen molar-refractivity contribution in [3.05, 3.63) is 23.7 Å². The maximum atomic E-state index is 5.32. The summed E-state index contributed by atoms with van der Waals surface area (Å²) in [5.41, 5.74) is 1.55. The SMILES string of the molecule is Cc1occc1CN(C)CCCCCNC(C)(C)C. The number of aryl methyl sites for hydroxylation is 1. The normalized spacial score (nSPS) is 12.3. The zero-order chi connectivity index (χ0) is 14.3. The van der Waals surface area contributed by atoms with Crippen LogP contribution in [-0.4, -0.2) is 30.6 Å². The third-order valence-electron chi connectivity index (χ3n) is 3.28. The number of nitrogens with one attached hydrogen (secondary N) is 1. The lowest BCUT2D eigenvalue weighted by atomic mass is 10.1. The Kier molecular flexibility index (Phi) is 6.59. The van der Waals surface area contributed by atoms with Gasteiger partial charge in [-0.1, -0.05) is 6.42 Å². The minimum Gasteiger partial charge on any atom is -0.469 e. The Morgan fingerprint density at radius 3 is 2.53 bits per heavy atom. The van der Waals surface area contributed by atoms with Crippen LogP contribution in [0.25, 0.3) is 0 Å². The van der Waals surface area contributed by atoms with Gasteiger partial charge in [0.1, 0.15) is 5.76 Å². The molecule has 0 aliphatic carbocycles. The third-order valence-corrected chi connectivity index (χ3v) is 3.28. The first-order chi connectivity index (χ1) is 8.88. The number of unbranched alkanes of at least 4 members (excludes halogenated alkanes) is 2. The average molecular weight is 266 g/mol. The number of hydrogen-bond acceptors (Lipinski definition) is 3. The molecule has 1 rings (SSSR count). The summed E-state index contributed by atoms with van der Waals surface area (Å²) in [6.45, 7) is 11.9. The minimum atomic E-state index is 0.246. The zero-order valence-corrected chi connectivity index (χ0v) is 13.3. The van der Waals surface area contributed by atoms with Crippen molar-refractivity contribution in [3.8, 4) is 0 Å². The molecule has 1 N–H and O–H groups in total. The smallest absolute Gasteiger partial charge is 0.105 e. The van der Waals surface area contributed by atoms with Crippen LogP contribution in [0.1, 0.15) is 51.4 Å². The molecule has 0 unspecified atom stereocenters. The van der Waals surface area contributed by atoms with Crippen LogP contribution < -0.4 is 5.32 Å². The van der Waals surface area contributed by atoms with E-state index in [1.165, 1.54) is 24.8 Å².